The Balaban J connectivity index is 1.79. The van der Waals surface area contributed by atoms with Crippen LogP contribution < -0.4 is 14.2 Å². The van der Waals surface area contributed by atoms with Gasteiger partial charge in [0.25, 0.3) is 0 Å². The Morgan fingerprint density at radius 2 is 1.72 bits per heavy atom. The van der Waals surface area contributed by atoms with Gasteiger partial charge in [-0.2, -0.15) is 0 Å². The first-order valence-electron chi connectivity index (χ1n) is 12.5. The molecule has 14 heteroatoms. The minimum atomic E-state index is -4.14. The lowest BCUT2D eigenvalue weighted by Gasteiger charge is -2.26. The number of rotatable bonds is 11. The summed E-state index contributed by atoms with van der Waals surface area (Å²) in [6.45, 7) is 8.02. The Bertz CT molecular complexity index is 1340. The number of nitrogens with zero attached hydrogens (tertiary/aromatic N) is 5. The first kappa shape index (κ1) is 28.7. The van der Waals surface area contributed by atoms with Gasteiger partial charge in [0, 0.05) is 12.4 Å². The van der Waals surface area contributed by atoms with Gasteiger partial charge < -0.3 is 23.7 Å². The van der Waals surface area contributed by atoms with Crippen LogP contribution >= 0.6 is 0 Å². The normalized spacial score (nSPS) is 17.6. The summed E-state index contributed by atoms with van der Waals surface area (Å²) < 4.78 is 60.3. The fraction of sp³-hybridized carbons (Fsp3) is 0.520. The second-order valence-corrected chi connectivity index (χ2v) is 11.3. The second-order valence-electron chi connectivity index (χ2n) is 9.24. The highest BCUT2D eigenvalue weighted by molar-refractivity contribution is 7.93. The molecule has 212 valence electrons. The zero-order valence-electron chi connectivity index (χ0n) is 22.8. The van der Waals surface area contributed by atoms with Gasteiger partial charge in [0.15, 0.2) is 11.6 Å². The number of para-hydroxylation sites is 1. The van der Waals surface area contributed by atoms with Crippen LogP contribution in [0.15, 0.2) is 30.6 Å². The molecule has 0 saturated carbocycles. The maximum Gasteiger partial charge on any atom is 0.243 e. The Kier molecular flexibility index (Phi) is 9.00. The maximum absolute atomic E-state index is 13.8. The first-order valence-corrected chi connectivity index (χ1v) is 14.0. The molecule has 1 aliphatic rings. The van der Waals surface area contributed by atoms with Gasteiger partial charge in [-0.1, -0.05) is 6.07 Å². The number of nitrogens with one attached hydrogen (secondary N) is 1. The van der Waals surface area contributed by atoms with Crippen molar-refractivity contribution < 1.29 is 32.1 Å². The fourth-order valence-electron chi connectivity index (χ4n) is 4.09. The molecule has 2 aromatic heterocycles. The summed E-state index contributed by atoms with van der Waals surface area (Å²) in [5.41, 5.74) is 1.25. The van der Waals surface area contributed by atoms with E-state index in [1.165, 1.54) is 25.7 Å². The van der Waals surface area contributed by atoms with Crippen LogP contribution in [0, 0.1) is 6.92 Å². The van der Waals surface area contributed by atoms with Gasteiger partial charge in [0.1, 0.15) is 34.6 Å². The highest BCUT2D eigenvalue weighted by atomic mass is 32.2. The summed E-state index contributed by atoms with van der Waals surface area (Å²) in [7, 11) is -1.13. The molecule has 0 bridgehead atoms. The molecule has 3 atom stereocenters. The lowest BCUT2D eigenvalue weighted by Crippen LogP contribution is -2.35. The van der Waals surface area contributed by atoms with Gasteiger partial charge in [-0.3, -0.25) is 9.29 Å². The smallest absolute Gasteiger partial charge is 0.243 e. The number of hydrogen-bond acceptors (Lipinski definition) is 11. The van der Waals surface area contributed by atoms with Gasteiger partial charge in [-0.05, 0) is 45.4 Å². The number of anilines is 1. The molecule has 1 N–H and O–H groups in total. The van der Waals surface area contributed by atoms with Gasteiger partial charge in [0.05, 0.1) is 40.1 Å². The molecule has 3 heterocycles. The van der Waals surface area contributed by atoms with Crippen molar-refractivity contribution in [3.8, 4) is 17.2 Å². The topological polar surface area (TPSA) is 149 Å². The van der Waals surface area contributed by atoms with E-state index in [4.69, 9.17) is 23.7 Å². The predicted octanol–water partition coefficient (Wildman–Crippen LogP) is 2.77. The van der Waals surface area contributed by atoms with Crippen molar-refractivity contribution in [3.63, 3.8) is 0 Å². The van der Waals surface area contributed by atoms with Crippen LogP contribution in [0.25, 0.3) is 5.69 Å². The summed E-state index contributed by atoms with van der Waals surface area (Å²) in [5, 5.41) is 7.37. The Hall–Kier alpha value is -3.33. The quantitative estimate of drug-likeness (QED) is 0.368. The van der Waals surface area contributed by atoms with Crippen molar-refractivity contribution in [1.82, 2.24) is 24.7 Å². The van der Waals surface area contributed by atoms with E-state index in [0.717, 1.165) is 5.56 Å². The summed E-state index contributed by atoms with van der Waals surface area (Å²) in [4.78, 5) is 8.65. The molecule has 1 aliphatic heterocycles. The van der Waals surface area contributed by atoms with Gasteiger partial charge >= 0.3 is 0 Å². The average Bonchev–Trinajstić information content (AvgIpc) is 3.33. The number of aryl methyl sites for hydroxylation is 1. The monoisotopic (exact) mass is 562 g/mol. The van der Waals surface area contributed by atoms with Crippen LogP contribution in [0.5, 0.6) is 11.5 Å². The molecule has 1 unspecified atom stereocenters. The average molecular weight is 563 g/mol. The van der Waals surface area contributed by atoms with Crippen LogP contribution in [0.3, 0.4) is 0 Å². The van der Waals surface area contributed by atoms with Gasteiger partial charge in [0.2, 0.25) is 16.0 Å². The van der Waals surface area contributed by atoms with Crippen molar-refractivity contribution in [1.29, 1.82) is 0 Å². The van der Waals surface area contributed by atoms with Crippen LogP contribution in [0.2, 0.25) is 0 Å². The molecule has 0 radical (unpaired) electrons. The zero-order valence-corrected chi connectivity index (χ0v) is 23.6. The molecule has 0 aliphatic carbocycles. The number of benzene rings is 1. The number of aromatic nitrogens is 5. The Morgan fingerprint density at radius 3 is 2.28 bits per heavy atom. The van der Waals surface area contributed by atoms with E-state index in [2.05, 4.69) is 24.9 Å². The first-order chi connectivity index (χ1) is 18.7. The maximum atomic E-state index is 13.8. The van der Waals surface area contributed by atoms with Crippen LogP contribution in [0.4, 0.5) is 5.95 Å². The van der Waals surface area contributed by atoms with Crippen LogP contribution in [-0.4, -0.2) is 78.5 Å². The highest BCUT2D eigenvalue weighted by Gasteiger charge is 2.37. The van der Waals surface area contributed by atoms with E-state index >= 15 is 0 Å². The molecule has 4 rings (SSSR count). The lowest BCUT2D eigenvalue weighted by molar-refractivity contribution is -0.0941. The third-order valence-electron chi connectivity index (χ3n) is 6.04. The molecule has 39 heavy (non-hydrogen) atoms. The number of ether oxygens (including phenoxy) is 5. The summed E-state index contributed by atoms with van der Waals surface area (Å²) in [6.07, 6.45) is 1.41. The summed E-state index contributed by atoms with van der Waals surface area (Å²) in [5.74, 6) is 1.32. The minimum Gasteiger partial charge on any atom is -0.494 e. The fourth-order valence-corrected chi connectivity index (χ4v) is 5.17. The number of hydrogen-bond donors (Lipinski definition) is 1. The molecule has 0 spiro atoms. The molecule has 0 amide bonds. The predicted molar refractivity (Wildman–Crippen MR) is 142 cm³/mol. The van der Waals surface area contributed by atoms with Crippen LogP contribution in [-0.2, 0) is 24.2 Å². The Labute approximate surface area is 227 Å². The SMILES string of the molecule is COc1cccc(OC)c1-n1c(NS(=O)(=O)[C@@H](C)[C@@H](OC(C)C)c2ncc(C)cn2)nnc1C1COCCO1. The summed E-state index contributed by atoms with van der Waals surface area (Å²) in [6, 6.07) is 5.21. The van der Waals surface area contributed by atoms with E-state index in [1.807, 2.05) is 20.8 Å². The van der Waals surface area contributed by atoms with E-state index in [1.54, 1.807) is 30.6 Å². The van der Waals surface area contributed by atoms with Crippen molar-refractivity contribution in [2.45, 2.75) is 51.3 Å². The number of sulfonamides is 1. The largest absolute Gasteiger partial charge is 0.494 e. The molecule has 1 saturated heterocycles. The van der Waals surface area contributed by atoms with Gasteiger partial charge in [-0.15, -0.1) is 10.2 Å². The van der Waals surface area contributed by atoms with Crippen LogP contribution in [0.1, 0.15) is 50.2 Å². The molecular weight excluding hydrogens is 528 g/mol. The molecule has 1 fully saturated rings. The van der Waals surface area contributed by atoms with Crippen molar-refractivity contribution in [2.24, 2.45) is 0 Å². The summed E-state index contributed by atoms with van der Waals surface area (Å²) >= 11 is 0. The van der Waals surface area contributed by atoms with E-state index in [-0.39, 0.29) is 24.5 Å². The third kappa shape index (κ3) is 6.30. The van der Waals surface area contributed by atoms with Crippen molar-refractivity contribution in [3.05, 3.63) is 47.8 Å². The minimum absolute atomic E-state index is 0.0815. The highest BCUT2D eigenvalue weighted by Crippen LogP contribution is 2.38. The lowest BCUT2D eigenvalue weighted by atomic mass is 10.2. The number of methoxy groups -OCH3 is 2. The van der Waals surface area contributed by atoms with Gasteiger partial charge in [-0.25, -0.2) is 18.4 Å². The molecule has 3 aromatic rings. The molecule has 1 aromatic carbocycles. The zero-order chi connectivity index (χ0) is 28.2. The van der Waals surface area contributed by atoms with Crippen molar-refractivity contribution >= 4 is 16.0 Å². The third-order valence-corrected chi connectivity index (χ3v) is 7.73. The van der Waals surface area contributed by atoms with E-state index in [9.17, 15) is 8.42 Å². The second kappa shape index (κ2) is 12.2. The molecule has 13 nitrogen and oxygen atoms in total. The van der Waals surface area contributed by atoms with Crippen molar-refractivity contribution in [2.75, 3.05) is 38.8 Å². The van der Waals surface area contributed by atoms with E-state index in [0.29, 0.717) is 36.2 Å². The molecular formula is C25H34N6O7S. The van der Waals surface area contributed by atoms with E-state index < -0.39 is 27.5 Å². The Morgan fingerprint density at radius 1 is 1.05 bits per heavy atom. The standard InChI is InChI=1S/C25H34N6O7S/c1-15(2)38-22(23-26-12-16(3)13-27-23)17(4)39(32,33)30-25-29-28-24(20-14-36-10-11-37-20)31(25)21-18(34-5)8-7-9-19(21)35-6/h7-9,12-13,15,17,20,22H,10-11,14H2,1-6H3,(H,29,30)/t17-,20?,22+/m0/s1.